The first-order valence-electron chi connectivity index (χ1n) is 8.11. The standard InChI is InChI=1S/C16H26N4/c1-20-3-2-18-15(20)14(19-17)10-16-7-11-4-12(8-16)6-13(5-11)9-16/h2-3,11-14,19H,4-10,17H2,1H3. The van der Waals surface area contributed by atoms with Gasteiger partial charge in [-0.2, -0.15) is 0 Å². The zero-order valence-electron chi connectivity index (χ0n) is 12.4. The van der Waals surface area contributed by atoms with Crippen LogP contribution in [0.3, 0.4) is 0 Å². The first-order valence-corrected chi connectivity index (χ1v) is 8.11. The lowest BCUT2D eigenvalue weighted by atomic mass is 9.48. The molecule has 110 valence electrons. The van der Waals surface area contributed by atoms with Crippen LogP contribution in [0.4, 0.5) is 0 Å². The molecular formula is C16H26N4. The Morgan fingerprint density at radius 2 is 1.90 bits per heavy atom. The highest BCUT2D eigenvalue weighted by molar-refractivity contribution is 5.06. The van der Waals surface area contributed by atoms with Gasteiger partial charge in [0.05, 0.1) is 6.04 Å². The maximum atomic E-state index is 5.86. The van der Waals surface area contributed by atoms with E-state index in [1.807, 2.05) is 12.4 Å². The van der Waals surface area contributed by atoms with E-state index in [0.717, 1.165) is 30.0 Å². The summed E-state index contributed by atoms with van der Waals surface area (Å²) in [5.74, 6) is 9.95. The molecule has 4 nitrogen and oxygen atoms in total. The molecule has 0 aromatic carbocycles. The monoisotopic (exact) mass is 274 g/mol. The Hall–Kier alpha value is -0.870. The van der Waals surface area contributed by atoms with Gasteiger partial charge in [0.1, 0.15) is 5.82 Å². The molecule has 1 unspecified atom stereocenters. The van der Waals surface area contributed by atoms with Crippen molar-refractivity contribution in [2.45, 2.75) is 51.0 Å². The van der Waals surface area contributed by atoms with E-state index < -0.39 is 0 Å². The fraction of sp³-hybridized carbons (Fsp3) is 0.812. The Morgan fingerprint density at radius 3 is 2.35 bits per heavy atom. The maximum Gasteiger partial charge on any atom is 0.126 e. The Kier molecular flexibility index (Phi) is 2.93. The van der Waals surface area contributed by atoms with Gasteiger partial charge in [0.2, 0.25) is 0 Å². The van der Waals surface area contributed by atoms with Gasteiger partial charge in [-0.25, -0.2) is 10.4 Å². The number of rotatable bonds is 4. The first kappa shape index (κ1) is 12.8. The minimum Gasteiger partial charge on any atom is -0.337 e. The quantitative estimate of drug-likeness (QED) is 0.655. The van der Waals surface area contributed by atoms with Gasteiger partial charge in [-0.15, -0.1) is 0 Å². The van der Waals surface area contributed by atoms with E-state index in [1.54, 1.807) is 0 Å². The second kappa shape index (κ2) is 4.57. The van der Waals surface area contributed by atoms with Crippen LogP contribution in [-0.4, -0.2) is 9.55 Å². The van der Waals surface area contributed by atoms with E-state index in [0.29, 0.717) is 5.41 Å². The van der Waals surface area contributed by atoms with E-state index >= 15 is 0 Å². The van der Waals surface area contributed by atoms with Crippen LogP contribution >= 0.6 is 0 Å². The molecule has 1 aromatic rings. The van der Waals surface area contributed by atoms with E-state index in [-0.39, 0.29) is 6.04 Å². The number of nitrogens with zero attached hydrogens (tertiary/aromatic N) is 2. The minimum atomic E-state index is 0.200. The number of nitrogens with two attached hydrogens (primary N) is 1. The number of hydrogen-bond donors (Lipinski definition) is 2. The lowest BCUT2D eigenvalue weighted by molar-refractivity contribution is -0.0628. The summed E-state index contributed by atoms with van der Waals surface area (Å²) in [7, 11) is 2.06. The third-order valence-corrected chi connectivity index (χ3v) is 6.17. The van der Waals surface area contributed by atoms with Crippen LogP contribution in [0.1, 0.15) is 56.8 Å². The minimum absolute atomic E-state index is 0.200. The smallest absolute Gasteiger partial charge is 0.126 e. The summed E-state index contributed by atoms with van der Waals surface area (Å²) in [4.78, 5) is 4.51. The Balaban J connectivity index is 1.57. The molecule has 4 heteroatoms. The number of nitrogens with one attached hydrogen (secondary N) is 1. The van der Waals surface area contributed by atoms with Crippen molar-refractivity contribution in [3.8, 4) is 0 Å². The van der Waals surface area contributed by atoms with Crippen molar-refractivity contribution >= 4 is 0 Å². The van der Waals surface area contributed by atoms with E-state index in [4.69, 9.17) is 5.84 Å². The summed E-state index contributed by atoms with van der Waals surface area (Å²) in [6.45, 7) is 0. The maximum absolute atomic E-state index is 5.86. The lowest BCUT2D eigenvalue weighted by Gasteiger charge is -2.57. The summed E-state index contributed by atoms with van der Waals surface area (Å²) in [5, 5.41) is 0. The molecule has 4 bridgehead atoms. The SMILES string of the molecule is Cn1ccnc1C(CC12CC3CC(CC(C3)C1)C2)NN. The van der Waals surface area contributed by atoms with Crippen molar-refractivity contribution in [1.29, 1.82) is 0 Å². The highest BCUT2D eigenvalue weighted by Gasteiger charge is 2.51. The highest BCUT2D eigenvalue weighted by atomic mass is 15.3. The summed E-state index contributed by atoms with van der Waals surface area (Å²) in [6.07, 6.45) is 13.9. The molecule has 1 heterocycles. The van der Waals surface area contributed by atoms with Crippen molar-refractivity contribution < 1.29 is 0 Å². The lowest BCUT2D eigenvalue weighted by Crippen LogP contribution is -2.48. The van der Waals surface area contributed by atoms with E-state index in [9.17, 15) is 0 Å². The fourth-order valence-electron chi connectivity index (χ4n) is 5.91. The Bertz CT molecular complexity index is 457. The molecule has 4 aliphatic carbocycles. The zero-order valence-corrected chi connectivity index (χ0v) is 12.4. The molecular weight excluding hydrogens is 248 g/mol. The number of hydrazine groups is 1. The number of aryl methyl sites for hydroxylation is 1. The predicted molar refractivity (Wildman–Crippen MR) is 78.5 cm³/mol. The molecule has 0 saturated heterocycles. The molecule has 0 spiro atoms. The molecule has 0 aliphatic heterocycles. The Morgan fingerprint density at radius 1 is 1.30 bits per heavy atom. The summed E-state index contributed by atoms with van der Waals surface area (Å²) in [6, 6.07) is 0.200. The van der Waals surface area contributed by atoms with Gasteiger partial charge in [0.25, 0.3) is 0 Å². The van der Waals surface area contributed by atoms with Gasteiger partial charge >= 0.3 is 0 Å². The van der Waals surface area contributed by atoms with Crippen molar-refractivity contribution in [2.24, 2.45) is 36.1 Å². The average molecular weight is 274 g/mol. The van der Waals surface area contributed by atoms with E-state index in [1.165, 1.54) is 38.5 Å². The van der Waals surface area contributed by atoms with Crippen LogP contribution in [0.15, 0.2) is 12.4 Å². The van der Waals surface area contributed by atoms with Crippen molar-refractivity contribution in [1.82, 2.24) is 15.0 Å². The topological polar surface area (TPSA) is 55.9 Å². The van der Waals surface area contributed by atoms with Crippen LogP contribution in [0.2, 0.25) is 0 Å². The fourth-order valence-corrected chi connectivity index (χ4v) is 5.91. The zero-order chi connectivity index (χ0) is 13.7. The van der Waals surface area contributed by atoms with Crippen LogP contribution in [0.5, 0.6) is 0 Å². The summed E-state index contributed by atoms with van der Waals surface area (Å²) < 4.78 is 2.10. The Labute approximate surface area is 121 Å². The molecule has 4 aliphatic rings. The first-order chi connectivity index (χ1) is 9.67. The van der Waals surface area contributed by atoms with Gasteiger partial charge < -0.3 is 4.57 Å². The number of imidazole rings is 1. The molecule has 4 fully saturated rings. The molecule has 0 amide bonds. The van der Waals surface area contributed by atoms with Crippen molar-refractivity contribution in [2.75, 3.05) is 0 Å². The van der Waals surface area contributed by atoms with Gasteiger partial charge in [-0.05, 0) is 68.1 Å². The number of aromatic nitrogens is 2. The van der Waals surface area contributed by atoms with Gasteiger partial charge in [-0.1, -0.05) is 0 Å². The molecule has 3 N–H and O–H groups in total. The molecule has 0 radical (unpaired) electrons. The average Bonchev–Trinajstić information content (AvgIpc) is 2.80. The molecule has 1 atom stereocenters. The third kappa shape index (κ3) is 2.01. The van der Waals surface area contributed by atoms with Crippen LogP contribution in [-0.2, 0) is 7.05 Å². The summed E-state index contributed by atoms with van der Waals surface area (Å²) >= 11 is 0. The molecule has 4 saturated carbocycles. The number of hydrogen-bond acceptors (Lipinski definition) is 3. The van der Waals surface area contributed by atoms with Gasteiger partial charge in [0, 0.05) is 19.4 Å². The second-order valence-electron chi connectivity index (χ2n) is 7.74. The summed E-state index contributed by atoms with van der Waals surface area (Å²) in [5.41, 5.74) is 3.58. The predicted octanol–water partition coefficient (Wildman–Crippen LogP) is 2.53. The van der Waals surface area contributed by atoms with Gasteiger partial charge in [-0.3, -0.25) is 5.84 Å². The third-order valence-electron chi connectivity index (χ3n) is 6.17. The van der Waals surface area contributed by atoms with Crippen molar-refractivity contribution in [3.63, 3.8) is 0 Å². The molecule has 1 aromatic heterocycles. The molecule has 20 heavy (non-hydrogen) atoms. The normalized spacial score (nSPS) is 40.2. The highest BCUT2D eigenvalue weighted by Crippen LogP contribution is 2.62. The molecule has 5 rings (SSSR count). The van der Waals surface area contributed by atoms with Crippen LogP contribution in [0.25, 0.3) is 0 Å². The van der Waals surface area contributed by atoms with E-state index in [2.05, 4.69) is 22.0 Å². The van der Waals surface area contributed by atoms with Gasteiger partial charge in [0.15, 0.2) is 0 Å². The van der Waals surface area contributed by atoms with Crippen LogP contribution in [0, 0.1) is 23.2 Å². The largest absolute Gasteiger partial charge is 0.337 e. The van der Waals surface area contributed by atoms with Crippen LogP contribution < -0.4 is 11.3 Å². The second-order valence-corrected chi connectivity index (χ2v) is 7.74. The van der Waals surface area contributed by atoms with Crippen molar-refractivity contribution in [3.05, 3.63) is 18.2 Å².